The van der Waals surface area contributed by atoms with Crippen molar-refractivity contribution in [1.82, 2.24) is 0 Å². The molecule has 92 valence electrons. The summed E-state index contributed by atoms with van der Waals surface area (Å²) in [5.41, 5.74) is 8.24. The molecule has 2 aromatic rings. The molecule has 0 bridgehead atoms. The second-order valence-corrected chi connectivity index (χ2v) is 4.41. The number of carbonyl (C=O) groups excluding carboxylic acids is 1. The van der Waals surface area contributed by atoms with Crippen molar-refractivity contribution in [1.29, 1.82) is 0 Å². The number of halogens is 1. The van der Waals surface area contributed by atoms with Gasteiger partial charge < -0.3 is 11.1 Å². The summed E-state index contributed by atoms with van der Waals surface area (Å²) in [5.74, 6) is -0.266. The van der Waals surface area contributed by atoms with Crippen LogP contribution in [0.15, 0.2) is 42.5 Å². The Morgan fingerprint density at radius 1 is 1.22 bits per heavy atom. The quantitative estimate of drug-likeness (QED) is 0.812. The minimum Gasteiger partial charge on any atom is -0.398 e. The molecule has 3 nitrogen and oxygen atoms in total. The molecule has 2 rings (SSSR count). The van der Waals surface area contributed by atoms with E-state index in [0.29, 0.717) is 11.3 Å². The Hall–Kier alpha value is -2.00. The van der Waals surface area contributed by atoms with E-state index < -0.39 is 0 Å². The molecule has 0 unspecified atom stereocenters. The van der Waals surface area contributed by atoms with Crippen molar-refractivity contribution in [2.24, 2.45) is 0 Å². The van der Waals surface area contributed by atoms with Crippen molar-refractivity contribution in [3.63, 3.8) is 0 Å². The summed E-state index contributed by atoms with van der Waals surface area (Å²) in [6.07, 6.45) is 0. The van der Waals surface area contributed by atoms with E-state index >= 15 is 0 Å². The highest BCUT2D eigenvalue weighted by Gasteiger charge is 2.12. The molecule has 0 aliphatic rings. The smallest absolute Gasteiger partial charge is 0.257 e. The molecule has 0 aliphatic carbocycles. The zero-order chi connectivity index (χ0) is 13.1. The van der Waals surface area contributed by atoms with Crippen molar-refractivity contribution >= 4 is 28.9 Å². The van der Waals surface area contributed by atoms with Crippen molar-refractivity contribution in [2.45, 2.75) is 6.92 Å². The van der Waals surface area contributed by atoms with Gasteiger partial charge in [0, 0.05) is 5.69 Å². The first-order valence-electron chi connectivity index (χ1n) is 5.50. The highest BCUT2D eigenvalue weighted by atomic mass is 35.5. The first-order valence-corrected chi connectivity index (χ1v) is 5.88. The molecule has 18 heavy (non-hydrogen) atoms. The van der Waals surface area contributed by atoms with Crippen LogP contribution in [-0.2, 0) is 0 Å². The summed E-state index contributed by atoms with van der Waals surface area (Å²) in [6, 6.07) is 12.6. The fraction of sp³-hybridized carbons (Fsp3) is 0.0714. The fourth-order valence-electron chi connectivity index (χ4n) is 1.65. The number of carbonyl (C=O) groups is 1. The lowest BCUT2D eigenvalue weighted by atomic mass is 10.1. The number of benzene rings is 2. The number of nitrogens with one attached hydrogen (secondary N) is 1. The van der Waals surface area contributed by atoms with E-state index in [2.05, 4.69) is 5.32 Å². The van der Waals surface area contributed by atoms with Crippen molar-refractivity contribution in [2.75, 3.05) is 11.1 Å². The molecule has 0 fully saturated rings. The van der Waals surface area contributed by atoms with Gasteiger partial charge in [0.15, 0.2) is 0 Å². The second-order valence-electron chi connectivity index (χ2n) is 4.03. The zero-order valence-electron chi connectivity index (χ0n) is 9.91. The third-order valence-electron chi connectivity index (χ3n) is 2.55. The predicted molar refractivity (Wildman–Crippen MR) is 75.0 cm³/mol. The minimum absolute atomic E-state index is 0.266. The highest BCUT2D eigenvalue weighted by molar-refractivity contribution is 6.36. The maximum atomic E-state index is 12.0. The van der Waals surface area contributed by atoms with Crippen LogP contribution in [0, 0.1) is 6.92 Å². The Balaban J connectivity index is 2.25. The number of nitrogen functional groups attached to an aromatic ring is 1. The first-order chi connectivity index (χ1) is 8.58. The SMILES string of the molecule is Cc1cccc(NC(=O)c2cccc(N)c2Cl)c1. The molecule has 0 saturated heterocycles. The van der Waals surface area contributed by atoms with Gasteiger partial charge in [0.1, 0.15) is 0 Å². The van der Waals surface area contributed by atoms with E-state index in [9.17, 15) is 4.79 Å². The van der Waals surface area contributed by atoms with Gasteiger partial charge in [-0.15, -0.1) is 0 Å². The molecule has 0 heterocycles. The summed E-state index contributed by atoms with van der Waals surface area (Å²) in [6.45, 7) is 1.96. The van der Waals surface area contributed by atoms with Crippen LogP contribution in [0.2, 0.25) is 5.02 Å². The van der Waals surface area contributed by atoms with E-state index in [-0.39, 0.29) is 10.9 Å². The predicted octanol–water partition coefficient (Wildman–Crippen LogP) is 3.48. The standard InChI is InChI=1S/C14H13ClN2O/c1-9-4-2-5-10(8-9)17-14(18)11-6-3-7-12(16)13(11)15/h2-8H,16H2,1H3,(H,17,18). The van der Waals surface area contributed by atoms with Gasteiger partial charge in [-0.2, -0.15) is 0 Å². The average Bonchev–Trinajstić information content (AvgIpc) is 2.32. The van der Waals surface area contributed by atoms with Crippen LogP contribution in [0.4, 0.5) is 11.4 Å². The second kappa shape index (κ2) is 5.10. The van der Waals surface area contributed by atoms with Crippen LogP contribution in [0.1, 0.15) is 15.9 Å². The summed E-state index contributed by atoms with van der Waals surface area (Å²) >= 11 is 6.00. The summed E-state index contributed by atoms with van der Waals surface area (Å²) in [4.78, 5) is 12.0. The molecule has 3 N–H and O–H groups in total. The van der Waals surface area contributed by atoms with Crippen LogP contribution in [0.25, 0.3) is 0 Å². The maximum Gasteiger partial charge on any atom is 0.257 e. The Kier molecular flexibility index (Phi) is 3.53. The van der Waals surface area contributed by atoms with Crippen LogP contribution >= 0.6 is 11.6 Å². The molecule has 0 atom stereocenters. The first kappa shape index (κ1) is 12.5. The Morgan fingerprint density at radius 2 is 1.94 bits per heavy atom. The van der Waals surface area contributed by atoms with E-state index in [1.54, 1.807) is 18.2 Å². The largest absolute Gasteiger partial charge is 0.398 e. The molecular weight excluding hydrogens is 248 g/mol. The molecule has 0 spiro atoms. The van der Waals surface area contributed by atoms with Crippen LogP contribution in [0.5, 0.6) is 0 Å². The lowest BCUT2D eigenvalue weighted by Gasteiger charge is -2.08. The topological polar surface area (TPSA) is 55.1 Å². The molecular formula is C14H13ClN2O. The number of hydrogen-bond donors (Lipinski definition) is 2. The third-order valence-corrected chi connectivity index (χ3v) is 2.97. The number of anilines is 2. The van der Waals surface area contributed by atoms with Crippen LogP contribution in [-0.4, -0.2) is 5.91 Å². The minimum atomic E-state index is -0.266. The number of rotatable bonds is 2. The molecule has 1 amide bonds. The summed E-state index contributed by atoms with van der Waals surface area (Å²) < 4.78 is 0. The Bertz CT molecular complexity index is 596. The molecule has 0 aromatic heterocycles. The van der Waals surface area contributed by atoms with Gasteiger partial charge in [-0.1, -0.05) is 29.8 Å². The molecule has 4 heteroatoms. The zero-order valence-corrected chi connectivity index (χ0v) is 10.7. The molecule has 0 radical (unpaired) electrons. The average molecular weight is 261 g/mol. The number of aryl methyl sites for hydroxylation is 1. The summed E-state index contributed by atoms with van der Waals surface area (Å²) in [7, 11) is 0. The van der Waals surface area contributed by atoms with Crippen LogP contribution in [0.3, 0.4) is 0 Å². The van der Waals surface area contributed by atoms with Gasteiger partial charge >= 0.3 is 0 Å². The molecule has 2 aromatic carbocycles. The highest BCUT2D eigenvalue weighted by Crippen LogP contribution is 2.24. The van der Waals surface area contributed by atoms with Crippen molar-refractivity contribution in [3.8, 4) is 0 Å². The number of hydrogen-bond acceptors (Lipinski definition) is 2. The van der Waals surface area contributed by atoms with Gasteiger partial charge in [-0.25, -0.2) is 0 Å². The van der Waals surface area contributed by atoms with E-state index in [1.165, 1.54) is 0 Å². The summed E-state index contributed by atoms with van der Waals surface area (Å²) in [5, 5.41) is 3.07. The maximum absolute atomic E-state index is 12.0. The van der Waals surface area contributed by atoms with Gasteiger partial charge in [-0.3, -0.25) is 4.79 Å². The van der Waals surface area contributed by atoms with Gasteiger partial charge in [0.25, 0.3) is 5.91 Å². The Labute approximate surface area is 111 Å². The lowest BCUT2D eigenvalue weighted by Crippen LogP contribution is -2.13. The van der Waals surface area contributed by atoms with Crippen molar-refractivity contribution in [3.05, 3.63) is 58.6 Å². The molecule has 0 aliphatic heterocycles. The van der Waals surface area contributed by atoms with E-state index in [1.807, 2.05) is 31.2 Å². The van der Waals surface area contributed by atoms with Gasteiger partial charge in [-0.05, 0) is 36.8 Å². The monoisotopic (exact) mass is 260 g/mol. The lowest BCUT2D eigenvalue weighted by molar-refractivity contribution is 0.102. The third kappa shape index (κ3) is 2.63. The van der Waals surface area contributed by atoms with Crippen LogP contribution < -0.4 is 11.1 Å². The fourth-order valence-corrected chi connectivity index (χ4v) is 1.86. The van der Waals surface area contributed by atoms with Gasteiger partial charge in [0.2, 0.25) is 0 Å². The van der Waals surface area contributed by atoms with E-state index in [0.717, 1.165) is 11.3 Å². The number of nitrogens with two attached hydrogens (primary N) is 1. The molecule has 0 saturated carbocycles. The van der Waals surface area contributed by atoms with Crippen molar-refractivity contribution < 1.29 is 4.79 Å². The van der Waals surface area contributed by atoms with Gasteiger partial charge in [0.05, 0.1) is 16.3 Å². The number of amides is 1. The van der Waals surface area contributed by atoms with E-state index in [4.69, 9.17) is 17.3 Å². The normalized spacial score (nSPS) is 10.1. The Morgan fingerprint density at radius 3 is 2.67 bits per heavy atom.